The maximum absolute atomic E-state index is 2.22. The van der Waals surface area contributed by atoms with Gasteiger partial charge in [0, 0.05) is 0 Å². The topological polar surface area (TPSA) is 0 Å². The maximum atomic E-state index is 2.22. The zero-order chi connectivity index (χ0) is 8.69. The van der Waals surface area contributed by atoms with E-state index in [1.54, 1.807) is 0 Å². The predicted octanol–water partition coefficient (Wildman–Crippen LogP) is 3.87. The molecule has 0 spiro atoms. The highest BCUT2D eigenvalue weighted by Gasteiger charge is 1.86. The van der Waals surface area contributed by atoms with Crippen molar-refractivity contribution in [1.82, 2.24) is 0 Å². The summed E-state index contributed by atoms with van der Waals surface area (Å²) < 4.78 is 0. The van der Waals surface area contributed by atoms with E-state index in [9.17, 15) is 0 Å². The molecule has 0 aliphatic carbocycles. The molecule has 0 fully saturated rings. The highest BCUT2D eigenvalue weighted by atomic mass is 13.9. The minimum Gasteiger partial charge on any atom is -0.0874 e. The van der Waals surface area contributed by atoms with Gasteiger partial charge in [0.25, 0.3) is 0 Å². The van der Waals surface area contributed by atoms with Gasteiger partial charge >= 0.3 is 0 Å². The van der Waals surface area contributed by atoms with Gasteiger partial charge in [-0.3, -0.25) is 0 Å². The van der Waals surface area contributed by atoms with Crippen LogP contribution in [0.15, 0.2) is 35.5 Å². The second-order valence-electron chi connectivity index (χ2n) is 2.61. The van der Waals surface area contributed by atoms with Gasteiger partial charge in [0.15, 0.2) is 0 Å². The molecule has 0 heterocycles. The third-order valence-electron chi connectivity index (χ3n) is 1.66. The van der Waals surface area contributed by atoms with E-state index in [1.165, 1.54) is 11.1 Å². The zero-order valence-electron chi connectivity index (χ0n) is 8.02. The Morgan fingerprint density at radius 2 is 1.91 bits per heavy atom. The van der Waals surface area contributed by atoms with Crippen LogP contribution in [0.1, 0.15) is 34.1 Å². The SMILES string of the molecule is C\C=C/C(=C\C(C)=C/C)CC. The molecule has 0 N–H and O–H groups in total. The summed E-state index contributed by atoms with van der Waals surface area (Å²) in [5.41, 5.74) is 2.73. The highest BCUT2D eigenvalue weighted by molar-refractivity contribution is 5.28. The number of hydrogen-bond donors (Lipinski definition) is 0. The smallest absolute Gasteiger partial charge is 0.0307 e. The number of rotatable bonds is 3. The van der Waals surface area contributed by atoms with Gasteiger partial charge in [-0.1, -0.05) is 36.8 Å². The van der Waals surface area contributed by atoms with Crippen LogP contribution in [0.5, 0.6) is 0 Å². The number of allylic oxidation sites excluding steroid dienone is 6. The van der Waals surface area contributed by atoms with Crippen LogP contribution in [0.4, 0.5) is 0 Å². The van der Waals surface area contributed by atoms with E-state index in [1.807, 2.05) is 0 Å². The Morgan fingerprint density at radius 3 is 2.27 bits per heavy atom. The first-order chi connectivity index (χ1) is 5.24. The Labute approximate surface area is 70.3 Å². The van der Waals surface area contributed by atoms with Crippen molar-refractivity contribution in [3.8, 4) is 0 Å². The quantitative estimate of drug-likeness (QED) is 0.536. The van der Waals surface area contributed by atoms with Crippen molar-refractivity contribution in [3.05, 3.63) is 35.5 Å². The molecule has 0 unspecified atom stereocenters. The summed E-state index contributed by atoms with van der Waals surface area (Å²) in [4.78, 5) is 0. The van der Waals surface area contributed by atoms with Gasteiger partial charge < -0.3 is 0 Å². The predicted molar refractivity (Wildman–Crippen MR) is 52.6 cm³/mol. The Balaban J connectivity index is 4.35. The summed E-state index contributed by atoms with van der Waals surface area (Å²) in [6.45, 7) is 8.41. The van der Waals surface area contributed by atoms with Gasteiger partial charge in [-0.25, -0.2) is 0 Å². The third-order valence-corrected chi connectivity index (χ3v) is 1.66. The van der Waals surface area contributed by atoms with Gasteiger partial charge in [-0.15, -0.1) is 0 Å². The van der Waals surface area contributed by atoms with Crippen molar-refractivity contribution in [3.63, 3.8) is 0 Å². The Morgan fingerprint density at radius 1 is 1.27 bits per heavy atom. The van der Waals surface area contributed by atoms with Crippen molar-refractivity contribution in [2.75, 3.05) is 0 Å². The van der Waals surface area contributed by atoms with Gasteiger partial charge in [-0.05, 0) is 32.8 Å². The first-order valence-electron chi connectivity index (χ1n) is 4.20. The Kier molecular flexibility index (Phi) is 5.54. The normalized spacial score (nSPS) is 14.5. The lowest BCUT2D eigenvalue weighted by atomic mass is 10.1. The van der Waals surface area contributed by atoms with Crippen LogP contribution in [0.3, 0.4) is 0 Å². The fraction of sp³-hybridized carbons (Fsp3) is 0.455. The van der Waals surface area contributed by atoms with E-state index in [0.29, 0.717) is 0 Å². The molecule has 0 heteroatoms. The molecule has 0 amide bonds. The van der Waals surface area contributed by atoms with Crippen molar-refractivity contribution >= 4 is 0 Å². The average Bonchev–Trinajstić information content (AvgIpc) is 2.03. The van der Waals surface area contributed by atoms with Gasteiger partial charge in [0.1, 0.15) is 0 Å². The van der Waals surface area contributed by atoms with E-state index in [4.69, 9.17) is 0 Å². The molecule has 0 radical (unpaired) electrons. The largest absolute Gasteiger partial charge is 0.0874 e. The fourth-order valence-corrected chi connectivity index (χ4v) is 0.858. The molecule has 0 saturated carbocycles. The third kappa shape index (κ3) is 4.60. The molecular weight excluding hydrogens is 132 g/mol. The molecule has 0 bridgehead atoms. The standard InChI is InChI=1S/C11H18/c1-5-8-11(7-3)9-10(4)6-2/h5-6,8-9H,7H2,1-4H3/b8-5-,10-6-,11-9-. The molecule has 11 heavy (non-hydrogen) atoms. The monoisotopic (exact) mass is 150 g/mol. The summed E-state index contributed by atoms with van der Waals surface area (Å²) in [5, 5.41) is 0. The minimum atomic E-state index is 1.11. The molecule has 0 rings (SSSR count). The summed E-state index contributed by atoms with van der Waals surface area (Å²) >= 11 is 0. The molecule has 0 aliphatic heterocycles. The van der Waals surface area contributed by atoms with Gasteiger partial charge in [-0.2, -0.15) is 0 Å². The van der Waals surface area contributed by atoms with Crippen LogP contribution in [-0.2, 0) is 0 Å². The van der Waals surface area contributed by atoms with E-state index in [0.717, 1.165) is 6.42 Å². The van der Waals surface area contributed by atoms with Crippen molar-refractivity contribution in [2.45, 2.75) is 34.1 Å². The van der Waals surface area contributed by atoms with Gasteiger partial charge in [0.05, 0.1) is 0 Å². The first kappa shape index (κ1) is 10.2. The lowest BCUT2D eigenvalue weighted by Crippen LogP contribution is -1.75. The molecule has 0 saturated heterocycles. The molecule has 62 valence electrons. The fourth-order valence-electron chi connectivity index (χ4n) is 0.858. The zero-order valence-corrected chi connectivity index (χ0v) is 8.02. The summed E-state index contributed by atoms with van der Waals surface area (Å²) in [7, 11) is 0. The molecule has 0 nitrogen and oxygen atoms in total. The van der Waals surface area contributed by atoms with Crippen LogP contribution in [0.25, 0.3) is 0 Å². The molecule has 0 aromatic carbocycles. The number of hydrogen-bond acceptors (Lipinski definition) is 0. The van der Waals surface area contributed by atoms with E-state index < -0.39 is 0 Å². The molecule has 0 atom stereocenters. The second-order valence-corrected chi connectivity index (χ2v) is 2.61. The van der Waals surface area contributed by atoms with E-state index >= 15 is 0 Å². The average molecular weight is 150 g/mol. The molecule has 0 aromatic rings. The van der Waals surface area contributed by atoms with Crippen molar-refractivity contribution < 1.29 is 0 Å². The highest BCUT2D eigenvalue weighted by Crippen LogP contribution is 2.07. The molecule has 0 aromatic heterocycles. The van der Waals surface area contributed by atoms with Crippen LogP contribution in [-0.4, -0.2) is 0 Å². The van der Waals surface area contributed by atoms with E-state index in [2.05, 4.69) is 52.0 Å². The molecule has 0 aliphatic rings. The van der Waals surface area contributed by atoms with Crippen molar-refractivity contribution in [1.29, 1.82) is 0 Å². The van der Waals surface area contributed by atoms with Crippen LogP contribution < -0.4 is 0 Å². The minimum absolute atomic E-state index is 1.11. The summed E-state index contributed by atoms with van der Waals surface area (Å²) in [5.74, 6) is 0. The van der Waals surface area contributed by atoms with Crippen LogP contribution in [0, 0.1) is 0 Å². The van der Waals surface area contributed by atoms with E-state index in [-0.39, 0.29) is 0 Å². The van der Waals surface area contributed by atoms with Gasteiger partial charge in [0.2, 0.25) is 0 Å². The first-order valence-corrected chi connectivity index (χ1v) is 4.20. The van der Waals surface area contributed by atoms with Crippen LogP contribution in [0.2, 0.25) is 0 Å². The Bertz CT molecular complexity index is 180. The van der Waals surface area contributed by atoms with Crippen molar-refractivity contribution in [2.24, 2.45) is 0 Å². The van der Waals surface area contributed by atoms with Crippen LogP contribution >= 0.6 is 0 Å². The maximum Gasteiger partial charge on any atom is -0.0307 e. The summed E-state index contributed by atoms with van der Waals surface area (Å²) in [6, 6.07) is 0. The summed E-state index contributed by atoms with van der Waals surface area (Å²) in [6.07, 6.45) is 9.69. The lowest BCUT2D eigenvalue weighted by Gasteiger charge is -1.96. The second kappa shape index (κ2) is 5.96. The lowest BCUT2D eigenvalue weighted by molar-refractivity contribution is 1.14. The molecular formula is C11H18. The Hall–Kier alpha value is -0.780.